The van der Waals surface area contributed by atoms with Gasteiger partial charge in [0.2, 0.25) is 0 Å². The van der Waals surface area contributed by atoms with Crippen LogP contribution in [0.1, 0.15) is 25.7 Å². The number of hydrogen-bond donors (Lipinski definition) is 3. The van der Waals surface area contributed by atoms with Crippen LogP contribution < -0.4 is 9.86 Å². The largest absolute Gasteiger partial charge is 0.391 e. The van der Waals surface area contributed by atoms with Crippen LogP contribution in [0.2, 0.25) is 0 Å². The van der Waals surface area contributed by atoms with Gasteiger partial charge in [0, 0.05) is 6.04 Å². The van der Waals surface area contributed by atoms with Crippen molar-refractivity contribution in [3.8, 4) is 0 Å². The Bertz CT molecular complexity index is 239. The lowest BCUT2D eigenvalue weighted by molar-refractivity contribution is 0.101. The minimum absolute atomic E-state index is 0.395. The van der Waals surface area contributed by atoms with E-state index in [4.69, 9.17) is 5.14 Å². The molecule has 1 rings (SSSR count). The molecular formula is C6H14N2O3S. The summed E-state index contributed by atoms with van der Waals surface area (Å²) in [6, 6.07) is -0.395. The molecule has 1 aliphatic rings. The van der Waals surface area contributed by atoms with Crippen LogP contribution in [0.15, 0.2) is 0 Å². The first kappa shape index (κ1) is 9.91. The molecule has 1 saturated carbocycles. The van der Waals surface area contributed by atoms with Crippen LogP contribution in [0.25, 0.3) is 0 Å². The van der Waals surface area contributed by atoms with Gasteiger partial charge in [0.25, 0.3) is 10.2 Å². The van der Waals surface area contributed by atoms with Crippen molar-refractivity contribution < 1.29 is 13.5 Å². The van der Waals surface area contributed by atoms with Gasteiger partial charge in [-0.25, -0.2) is 5.14 Å². The average molecular weight is 194 g/mol. The Hall–Kier alpha value is -0.170. The number of aliphatic hydroxyl groups excluding tert-OH is 1. The van der Waals surface area contributed by atoms with Gasteiger partial charge in [-0.3, -0.25) is 0 Å². The first-order valence-electron chi connectivity index (χ1n) is 3.97. The van der Waals surface area contributed by atoms with Crippen molar-refractivity contribution in [1.29, 1.82) is 0 Å². The Morgan fingerprint density at radius 1 is 1.33 bits per heavy atom. The molecule has 1 fully saturated rings. The molecule has 0 radical (unpaired) electrons. The summed E-state index contributed by atoms with van der Waals surface area (Å²) >= 11 is 0. The third kappa shape index (κ3) is 3.06. The van der Waals surface area contributed by atoms with Gasteiger partial charge in [-0.1, -0.05) is 12.8 Å². The van der Waals surface area contributed by atoms with Crippen molar-refractivity contribution in [3.63, 3.8) is 0 Å². The highest BCUT2D eigenvalue weighted by atomic mass is 32.2. The molecule has 0 bridgehead atoms. The summed E-state index contributed by atoms with van der Waals surface area (Å²) in [7, 11) is -3.67. The van der Waals surface area contributed by atoms with Crippen LogP contribution in [-0.2, 0) is 10.2 Å². The zero-order valence-electron chi connectivity index (χ0n) is 6.73. The summed E-state index contributed by atoms with van der Waals surface area (Å²) in [5.41, 5.74) is 0. The predicted octanol–water partition coefficient (Wildman–Crippen LogP) is -0.917. The van der Waals surface area contributed by atoms with Gasteiger partial charge in [0.15, 0.2) is 0 Å². The first-order chi connectivity index (χ1) is 5.49. The minimum atomic E-state index is -3.67. The second kappa shape index (κ2) is 3.69. The monoisotopic (exact) mass is 194 g/mol. The number of rotatable bonds is 2. The molecule has 0 unspecified atom stereocenters. The highest BCUT2D eigenvalue weighted by Gasteiger charge is 2.25. The summed E-state index contributed by atoms with van der Waals surface area (Å²) in [5.74, 6) is 0. The molecule has 4 N–H and O–H groups in total. The standard InChI is InChI=1S/C6H14N2O3S/c7-12(10,11)8-5-3-1-2-4-6(5)9/h5-6,8-9H,1-4H2,(H2,7,10,11)/t5-,6-/m0/s1. The highest BCUT2D eigenvalue weighted by Crippen LogP contribution is 2.18. The summed E-state index contributed by atoms with van der Waals surface area (Å²) in [6.07, 6.45) is 2.61. The number of nitrogens with two attached hydrogens (primary N) is 1. The molecule has 6 heteroatoms. The molecule has 0 spiro atoms. The minimum Gasteiger partial charge on any atom is -0.391 e. The molecule has 2 atom stereocenters. The topological polar surface area (TPSA) is 92.4 Å². The molecule has 0 heterocycles. The lowest BCUT2D eigenvalue weighted by atomic mass is 9.93. The summed E-state index contributed by atoms with van der Waals surface area (Å²) in [4.78, 5) is 0. The average Bonchev–Trinajstić information content (AvgIpc) is 1.91. The Morgan fingerprint density at radius 3 is 2.42 bits per heavy atom. The SMILES string of the molecule is NS(=O)(=O)N[C@H]1CCCC[C@@H]1O. The van der Waals surface area contributed by atoms with Crippen molar-refractivity contribution in [2.45, 2.75) is 37.8 Å². The van der Waals surface area contributed by atoms with Crippen molar-refractivity contribution in [2.75, 3.05) is 0 Å². The number of aliphatic hydroxyl groups is 1. The molecule has 0 aromatic heterocycles. The van der Waals surface area contributed by atoms with Crippen molar-refractivity contribution >= 4 is 10.2 Å². The molecule has 0 aromatic carbocycles. The summed E-state index contributed by atoms with van der Waals surface area (Å²) in [6.45, 7) is 0. The predicted molar refractivity (Wildman–Crippen MR) is 44.5 cm³/mol. The van der Waals surface area contributed by atoms with Gasteiger partial charge < -0.3 is 5.11 Å². The van der Waals surface area contributed by atoms with E-state index in [1.165, 1.54) is 0 Å². The van der Waals surface area contributed by atoms with Gasteiger partial charge >= 0.3 is 0 Å². The second-order valence-corrected chi connectivity index (χ2v) is 4.45. The van der Waals surface area contributed by atoms with E-state index in [2.05, 4.69) is 4.72 Å². The molecule has 5 nitrogen and oxygen atoms in total. The fourth-order valence-electron chi connectivity index (χ4n) is 1.46. The van der Waals surface area contributed by atoms with Gasteiger partial charge in [-0.15, -0.1) is 0 Å². The van der Waals surface area contributed by atoms with E-state index < -0.39 is 22.4 Å². The van der Waals surface area contributed by atoms with E-state index in [-0.39, 0.29) is 0 Å². The van der Waals surface area contributed by atoms with Crippen LogP contribution in [0.5, 0.6) is 0 Å². The first-order valence-corrected chi connectivity index (χ1v) is 5.52. The molecule has 0 saturated heterocycles. The lowest BCUT2D eigenvalue weighted by Gasteiger charge is -2.27. The maximum atomic E-state index is 10.6. The molecular weight excluding hydrogens is 180 g/mol. The van der Waals surface area contributed by atoms with E-state index in [1.54, 1.807) is 0 Å². The molecule has 1 aliphatic carbocycles. The van der Waals surface area contributed by atoms with Gasteiger partial charge in [-0.2, -0.15) is 13.1 Å². The van der Waals surface area contributed by atoms with Crippen molar-refractivity contribution in [2.24, 2.45) is 5.14 Å². The van der Waals surface area contributed by atoms with Crippen molar-refractivity contribution in [3.05, 3.63) is 0 Å². The number of hydrogen-bond acceptors (Lipinski definition) is 3. The van der Waals surface area contributed by atoms with Crippen LogP contribution in [-0.4, -0.2) is 25.7 Å². The van der Waals surface area contributed by atoms with Crippen molar-refractivity contribution in [1.82, 2.24) is 4.72 Å². The lowest BCUT2D eigenvalue weighted by Crippen LogP contribution is -2.47. The molecule has 72 valence electrons. The molecule has 0 amide bonds. The van der Waals surface area contributed by atoms with E-state index in [1.807, 2.05) is 0 Å². The fraction of sp³-hybridized carbons (Fsp3) is 1.00. The zero-order valence-corrected chi connectivity index (χ0v) is 7.55. The maximum Gasteiger partial charge on any atom is 0.274 e. The fourth-order valence-corrected chi connectivity index (χ4v) is 2.16. The third-order valence-electron chi connectivity index (χ3n) is 2.05. The second-order valence-electron chi connectivity index (χ2n) is 3.12. The van der Waals surface area contributed by atoms with Crippen LogP contribution in [0.3, 0.4) is 0 Å². The Labute approximate surface area is 72.1 Å². The molecule has 0 aliphatic heterocycles. The number of nitrogens with one attached hydrogen (secondary N) is 1. The maximum absolute atomic E-state index is 10.6. The van der Waals surface area contributed by atoms with Crippen LogP contribution >= 0.6 is 0 Å². The van der Waals surface area contributed by atoms with E-state index >= 15 is 0 Å². The third-order valence-corrected chi connectivity index (χ3v) is 2.68. The Balaban J connectivity index is 2.50. The normalized spacial score (nSPS) is 31.8. The van der Waals surface area contributed by atoms with E-state index in [0.29, 0.717) is 12.8 Å². The Morgan fingerprint density at radius 2 is 1.92 bits per heavy atom. The van der Waals surface area contributed by atoms with Crippen LogP contribution in [0.4, 0.5) is 0 Å². The van der Waals surface area contributed by atoms with Gasteiger partial charge in [-0.05, 0) is 12.8 Å². The smallest absolute Gasteiger partial charge is 0.274 e. The summed E-state index contributed by atoms with van der Waals surface area (Å²) < 4.78 is 23.4. The van der Waals surface area contributed by atoms with Gasteiger partial charge in [0.1, 0.15) is 0 Å². The zero-order chi connectivity index (χ0) is 9.19. The van der Waals surface area contributed by atoms with Gasteiger partial charge in [0.05, 0.1) is 6.10 Å². The summed E-state index contributed by atoms with van der Waals surface area (Å²) in [5, 5.41) is 14.1. The Kier molecular flexibility index (Phi) is 3.05. The molecule has 12 heavy (non-hydrogen) atoms. The van der Waals surface area contributed by atoms with Crippen LogP contribution in [0, 0.1) is 0 Å². The van der Waals surface area contributed by atoms with E-state index in [0.717, 1.165) is 12.8 Å². The highest BCUT2D eigenvalue weighted by molar-refractivity contribution is 7.87. The van der Waals surface area contributed by atoms with E-state index in [9.17, 15) is 13.5 Å². The quantitative estimate of drug-likeness (QED) is 0.531. The molecule has 0 aromatic rings.